The third-order valence-corrected chi connectivity index (χ3v) is 5.36. The van der Waals surface area contributed by atoms with E-state index in [2.05, 4.69) is 26.3 Å². The quantitative estimate of drug-likeness (QED) is 0.782. The summed E-state index contributed by atoms with van der Waals surface area (Å²) in [6.45, 7) is 12.8. The molecule has 2 saturated heterocycles. The summed E-state index contributed by atoms with van der Waals surface area (Å²) in [6, 6.07) is -0.0468. The lowest BCUT2D eigenvalue weighted by Gasteiger charge is -2.34. The van der Waals surface area contributed by atoms with Crippen molar-refractivity contribution in [2.75, 3.05) is 52.5 Å². The van der Waals surface area contributed by atoms with Crippen molar-refractivity contribution in [1.82, 2.24) is 24.3 Å². The van der Waals surface area contributed by atoms with Crippen molar-refractivity contribution in [3.05, 3.63) is 18.2 Å². The molecule has 140 valence electrons. The van der Waals surface area contributed by atoms with Crippen LogP contribution in [0.4, 0.5) is 0 Å². The molecule has 0 aliphatic carbocycles. The second kappa shape index (κ2) is 8.78. The summed E-state index contributed by atoms with van der Waals surface area (Å²) >= 11 is 0. The van der Waals surface area contributed by atoms with Crippen LogP contribution in [0.3, 0.4) is 0 Å². The molecule has 0 radical (unpaired) electrons. The highest BCUT2D eigenvalue weighted by atomic mass is 16.5. The van der Waals surface area contributed by atoms with Gasteiger partial charge in [-0.3, -0.25) is 14.6 Å². The number of amides is 1. The molecule has 3 rings (SSSR count). The molecular weight excluding hydrogens is 318 g/mol. The predicted molar refractivity (Wildman–Crippen MR) is 96.2 cm³/mol. The molecule has 1 atom stereocenters. The van der Waals surface area contributed by atoms with Gasteiger partial charge in [0.25, 0.3) is 0 Å². The number of hydrogen-bond acceptors (Lipinski definition) is 5. The molecular formula is C18H31N5O2. The second-order valence-corrected chi connectivity index (χ2v) is 6.91. The average Bonchev–Trinajstić information content (AvgIpc) is 2.97. The van der Waals surface area contributed by atoms with Crippen molar-refractivity contribution < 1.29 is 9.53 Å². The van der Waals surface area contributed by atoms with E-state index in [0.717, 1.165) is 77.8 Å². The fourth-order valence-electron chi connectivity index (χ4n) is 3.71. The molecule has 0 saturated carbocycles. The van der Waals surface area contributed by atoms with E-state index in [0.29, 0.717) is 0 Å². The molecule has 0 spiro atoms. The van der Waals surface area contributed by atoms with Crippen LogP contribution in [0.15, 0.2) is 12.4 Å². The zero-order valence-electron chi connectivity index (χ0n) is 15.6. The van der Waals surface area contributed by atoms with Crippen LogP contribution in [0.1, 0.15) is 26.1 Å². The van der Waals surface area contributed by atoms with E-state index >= 15 is 0 Å². The van der Waals surface area contributed by atoms with E-state index < -0.39 is 0 Å². The Balaban J connectivity index is 1.53. The van der Waals surface area contributed by atoms with Gasteiger partial charge in [-0.25, -0.2) is 4.98 Å². The van der Waals surface area contributed by atoms with Crippen LogP contribution in [0.5, 0.6) is 0 Å². The molecule has 7 nitrogen and oxygen atoms in total. The number of imidazole rings is 1. The van der Waals surface area contributed by atoms with Gasteiger partial charge in [0.05, 0.1) is 25.8 Å². The molecule has 0 aromatic carbocycles. The standard InChI is InChI=1S/C18H31N5O2/c1-3-21-8-5-19-17(21)15-20-6-4-7-23(10-9-20)18(24)16(2)22-11-13-25-14-12-22/h5,8,16H,3-4,6-7,9-15H2,1-2H3/t16-/m1/s1. The molecule has 0 unspecified atom stereocenters. The van der Waals surface area contributed by atoms with Crippen molar-refractivity contribution in [1.29, 1.82) is 0 Å². The van der Waals surface area contributed by atoms with E-state index in [-0.39, 0.29) is 11.9 Å². The van der Waals surface area contributed by atoms with Gasteiger partial charge in [-0.05, 0) is 20.3 Å². The minimum Gasteiger partial charge on any atom is -0.379 e. The Morgan fingerprint density at radius 2 is 2.00 bits per heavy atom. The Hall–Kier alpha value is -1.44. The minimum atomic E-state index is -0.0468. The molecule has 3 heterocycles. The van der Waals surface area contributed by atoms with Crippen molar-refractivity contribution in [2.45, 2.75) is 39.4 Å². The van der Waals surface area contributed by atoms with E-state index in [1.807, 2.05) is 24.2 Å². The summed E-state index contributed by atoms with van der Waals surface area (Å²) in [5, 5.41) is 0. The molecule has 0 bridgehead atoms. The zero-order chi connectivity index (χ0) is 17.6. The summed E-state index contributed by atoms with van der Waals surface area (Å²) in [4.78, 5) is 24.1. The summed E-state index contributed by atoms with van der Waals surface area (Å²) in [5.41, 5.74) is 0. The maximum atomic E-state index is 12.9. The molecule has 1 amide bonds. The summed E-state index contributed by atoms with van der Waals surface area (Å²) in [6.07, 6.45) is 4.93. The summed E-state index contributed by atoms with van der Waals surface area (Å²) in [7, 11) is 0. The molecule has 2 aliphatic rings. The van der Waals surface area contributed by atoms with E-state index in [9.17, 15) is 4.79 Å². The van der Waals surface area contributed by atoms with Gasteiger partial charge in [0.1, 0.15) is 5.82 Å². The third-order valence-electron chi connectivity index (χ3n) is 5.36. The number of carbonyl (C=O) groups excluding carboxylic acids is 1. The largest absolute Gasteiger partial charge is 0.379 e. The first-order valence-electron chi connectivity index (χ1n) is 9.52. The lowest BCUT2D eigenvalue weighted by molar-refractivity contribution is -0.137. The van der Waals surface area contributed by atoms with Gasteiger partial charge in [0, 0.05) is 58.2 Å². The van der Waals surface area contributed by atoms with Crippen LogP contribution in [0.2, 0.25) is 0 Å². The molecule has 2 aliphatic heterocycles. The molecule has 7 heteroatoms. The normalized spacial score (nSPS) is 21.9. The fourth-order valence-corrected chi connectivity index (χ4v) is 3.71. The van der Waals surface area contributed by atoms with E-state index in [4.69, 9.17) is 4.74 Å². The first-order valence-corrected chi connectivity index (χ1v) is 9.52. The molecule has 25 heavy (non-hydrogen) atoms. The van der Waals surface area contributed by atoms with Crippen LogP contribution in [-0.4, -0.2) is 88.7 Å². The number of morpholine rings is 1. The van der Waals surface area contributed by atoms with E-state index in [1.54, 1.807) is 0 Å². The van der Waals surface area contributed by atoms with Gasteiger partial charge in [-0.1, -0.05) is 0 Å². The first-order chi connectivity index (χ1) is 12.2. The number of ether oxygens (including phenoxy) is 1. The molecule has 1 aromatic heterocycles. The van der Waals surface area contributed by atoms with Crippen LogP contribution in [0.25, 0.3) is 0 Å². The van der Waals surface area contributed by atoms with E-state index in [1.165, 1.54) is 0 Å². The monoisotopic (exact) mass is 349 g/mol. The number of aromatic nitrogens is 2. The SMILES string of the molecule is CCn1ccnc1CN1CCCN(C(=O)[C@@H](C)N2CCOCC2)CC1. The Morgan fingerprint density at radius 1 is 1.20 bits per heavy atom. The Morgan fingerprint density at radius 3 is 2.76 bits per heavy atom. The fraction of sp³-hybridized carbons (Fsp3) is 0.778. The lowest BCUT2D eigenvalue weighted by atomic mass is 10.2. The molecule has 1 aromatic rings. The van der Waals surface area contributed by atoms with Crippen molar-refractivity contribution in [3.8, 4) is 0 Å². The zero-order valence-corrected chi connectivity index (χ0v) is 15.6. The van der Waals surface area contributed by atoms with Crippen molar-refractivity contribution in [3.63, 3.8) is 0 Å². The highest BCUT2D eigenvalue weighted by molar-refractivity contribution is 5.81. The van der Waals surface area contributed by atoms with Gasteiger partial charge < -0.3 is 14.2 Å². The van der Waals surface area contributed by atoms with Crippen molar-refractivity contribution >= 4 is 5.91 Å². The maximum absolute atomic E-state index is 12.9. The van der Waals surface area contributed by atoms with Gasteiger partial charge >= 0.3 is 0 Å². The third kappa shape index (κ3) is 4.59. The van der Waals surface area contributed by atoms with Crippen LogP contribution >= 0.6 is 0 Å². The van der Waals surface area contributed by atoms with Crippen LogP contribution < -0.4 is 0 Å². The van der Waals surface area contributed by atoms with Gasteiger partial charge in [0.15, 0.2) is 0 Å². The maximum Gasteiger partial charge on any atom is 0.239 e. The lowest BCUT2D eigenvalue weighted by Crippen LogP contribution is -2.51. The van der Waals surface area contributed by atoms with Gasteiger partial charge in [-0.2, -0.15) is 0 Å². The summed E-state index contributed by atoms with van der Waals surface area (Å²) < 4.78 is 7.59. The Kier molecular flexibility index (Phi) is 6.45. The smallest absolute Gasteiger partial charge is 0.239 e. The molecule has 0 N–H and O–H groups in total. The van der Waals surface area contributed by atoms with Crippen molar-refractivity contribution in [2.24, 2.45) is 0 Å². The average molecular weight is 349 g/mol. The number of nitrogens with zero attached hydrogens (tertiary/aromatic N) is 5. The number of aryl methyl sites for hydroxylation is 1. The number of carbonyl (C=O) groups is 1. The Labute approximate surface area is 150 Å². The first kappa shape index (κ1) is 18.4. The van der Waals surface area contributed by atoms with Crippen LogP contribution in [0, 0.1) is 0 Å². The van der Waals surface area contributed by atoms with Crippen LogP contribution in [-0.2, 0) is 22.6 Å². The second-order valence-electron chi connectivity index (χ2n) is 6.91. The number of rotatable bonds is 5. The predicted octanol–water partition coefficient (Wildman–Crippen LogP) is 0.658. The summed E-state index contributed by atoms with van der Waals surface area (Å²) in [5.74, 6) is 1.38. The highest BCUT2D eigenvalue weighted by Gasteiger charge is 2.28. The van der Waals surface area contributed by atoms with Gasteiger partial charge in [-0.15, -0.1) is 0 Å². The highest BCUT2D eigenvalue weighted by Crippen LogP contribution is 2.12. The van der Waals surface area contributed by atoms with Gasteiger partial charge in [0.2, 0.25) is 5.91 Å². The molecule has 2 fully saturated rings. The topological polar surface area (TPSA) is 53.8 Å². The number of hydrogen-bond donors (Lipinski definition) is 0. The Bertz CT molecular complexity index is 555. The minimum absolute atomic E-state index is 0.0468.